The number of carbonyl (C=O) groups excluding carboxylic acids is 1. The van der Waals surface area contributed by atoms with Crippen molar-refractivity contribution < 1.29 is 18.7 Å². The van der Waals surface area contributed by atoms with Gasteiger partial charge in [0.15, 0.2) is 0 Å². The monoisotopic (exact) mass is 330 g/mol. The van der Waals surface area contributed by atoms with E-state index >= 15 is 0 Å². The Morgan fingerprint density at radius 2 is 2.21 bits per heavy atom. The Balaban J connectivity index is 2.66. The van der Waals surface area contributed by atoms with Crippen molar-refractivity contribution in [3.05, 3.63) is 58.4 Å². The third-order valence-corrected chi connectivity index (χ3v) is 3.65. The van der Waals surface area contributed by atoms with Crippen molar-refractivity contribution >= 4 is 5.97 Å². The second-order valence-electron chi connectivity index (χ2n) is 5.29. The van der Waals surface area contributed by atoms with E-state index in [9.17, 15) is 14.4 Å². The minimum Gasteiger partial charge on any atom is -0.463 e. The van der Waals surface area contributed by atoms with Gasteiger partial charge in [-0.2, -0.15) is 5.26 Å². The van der Waals surface area contributed by atoms with Crippen LogP contribution in [0.1, 0.15) is 38.2 Å². The zero-order valence-electron chi connectivity index (χ0n) is 13.6. The number of hydrogen-bond acceptors (Lipinski definition) is 5. The van der Waals surface area contributed by atoms with Crippen molar-refractivity contribution in [1.82, 2.24) is 0 Å². The van der Waals surface area contributed by atoms with E-state index < -0.39 is 17.7 Å². The van der Waals surface area contributed by atoms with Crippen LogP contribution in [-0.2, 0) is 14.3 Å². The van der Waals surface area contributed by atoms with E-state index in [1.54, 1.807) is 13.0 Å². The first-order valence-electron chi connectivity index (χ1n) is 7.76. The molecule has 0 bridgehead atoms. The lowest BCUT2D eigenvalue weighted by atomic mass is 9.82. The zero-order chi connectivity index (χ0) is 17.7. The molecular weight excluding hydrogens is 311 g/mol. The van der Waals surface area contributed by atoms with E-state index in [1.807, 2.05) is 13.0 Å². The Kier molecular flexibility index (Phi) is 5.59. The molecule has 1 heterocycles. The zero-order valence-corrected chi connectivity index (χ0v) is 13.6. The van der Waals surface area contributed by atoms with Crippen LogP contribution in [0.4, 0.5) is 4.39 Å². The van der Waals surface area contributed by atoms with Crippen LogP contribution in [0.2, 0.25) is 0 Å². The summed E-state index contributed by atoms with van der Waals surface area (Å²) < 4.78 is 24.3. The van der Waals surface area contributed by atoms with Gasteiger partial charge in [-0.05, 0) is 31.0 Å². The van der Waals surface area contributed by atoms with Crippen LogP contribution in [0, 0.1) is 17.1 Å². The number of carbonyl (C=O) groups is 1. The summed E-state index contributed by atoms with van der Waals surface area (Å²) in [4.78, 5) is 12.5. The van der Waals surface area contributed by atoms with E-state index in [1.165, 1.54) is 18.2 Å². The van der Waals surface area contributed by atoms with Crippen LogP contribution in [0.5, 0.6) is 0 Å². The van der Waals surface area contributed by atoms with Gasteiger partial charge >= 0.3 is 5.97 Å². The quantitative estimate of drug-likeness (QED) is 0.838. The van der Waals surface area contributed by atoms with Gasteiger partial charge in [-0.15, -0.1) is 0 Å². The summed E-state index contributed by atoms with van der Waals surface area (Å²) in [5, 5.41) is 9.47. The predicted octanol–water partition coefficient (Wildman–Crippen LogP) is 3.25. The standard InChI is InChI=1S/C18H19FN2O3/c1-3-6-14-16(18(22)23-4-2)15(13(10-20)17(21)24-14)11-7-5-8-12(19)9-11/h5,7-9,15H,3-4,6,21H2,1-2H3. The summed E-state index contributed by atoms with van der Waals surface area (Å²) in [5.41, 5.74) is 6.60. The lowest BCUT2D eigenvalue weighted by Gasteiger charge is -2.28. The lowest BCUT2D eigenvalue weighted by Crippen LogP contribution is -2.26. The van der Waals surface area contributed by atoms with Crippen molar-refractivity contribution in [2.24, 2.45) is 5.73 Å². The van der Waals surface area contributed by atoms with Crippen molar-refractivity contribution in [3.8, 4) is 6.07 Å². The molecule has 0 amide bonds. The summed E-state index contributed by atoms with van der Waals surface area (Å²) in [5.74, 6) is -1.56. The second kappa shape index (κ2) is 7.64. The van der Waals surface area contributed by atoms with Gasteiger partial charge in [-0.3, -0.25) is 0 Å². The Hall–Kier alpha value is -2.81. The third-order valence-electron chi connectivity index (χ3n) is 3.65. The molecular formula is C18H19FN2O3. The molecule has 126 valence electrons. The van der Waals surface area contributed by atoms with Gasteiger partial charge < -0.3 is 15.2 Å². The topological polar surface area (TPSA) is 85.3 Å². The Morgan fingerprint density at radius 3 is 2.79 bits per heavy atom. The molecule has 1 aromatic carbocycles. The predicted molar refractivity (Wildman–Crippen MR) is 85.6 cm³/mol. The molecule has 6 heteroatoms. The number of ether oxygens (including phenoxy) is 2. The average molecular weight is 330 g/mol. The molecule has 2 N–H and O–H groups in total. The van der Waals surface area contributed by atoms with Gasteiger partial charge in [-0.25, -0.2) is 9.18 Å². The fourth-order valence-corrected chi connectivity index (χ4v) is 2.68. The molecule has 1 aliphatic rings. The number of nitrogens with zero attached hydrogens (tertiary/aromatic N) is 1. The molecule has 5 nitrogen and oxygen atoms in total. The van der Waals surface area contributed by atoms with Crippen LogP contribution < -0.4 is 5.73 Å². The average Bonchev–Trinajstić information content (AvgIpc) is 2.54. The first kappa shape index (κ1) is 17.5. The smallest absolute Gasteiger partial charge is 0.338 e. The SMILES string of the molecule is CCCC1=C(C(=O)OCC)C(c2cccc(F)c2)C(C#N)=C(N)O1. The molecule has 0 radical (unpaired) electrons. The maximum absolute atomic E-state index is 13.7. The molecule has 1 atom stereocenters. The number of nitriles is 1. The molecule has 1 aliphatic heterocycles. The fourth-order valence-electron chi connectivity index (χ4n) is 2.68. The lowest BCUT2D eigenvalue weighted by molar-refractivity contribution is -0.139. The van der Waals surface area contributed by atoms with E-state index in [2.05, 4.69) is 0 Å². The van der Waals surface area contributed by atoms with E-state index in [4.69, 9.17) is 15.2 Å². The number of allylic oxidation sites excluding steroid dienone is 2. The van der Waals surface area contributed by atoms with E-state index in [0.29, 0.717) is 24.2 Å². The number of benzene rings is 1. The molecule has 0 saturated heterocycles. The third kappa shape index (κ3) is 3.40. The van der Waals surface area contributed by atoms with Crippen LogP contribution in [-0.4, -0.2) is 12.6 Å². The molecule has 0 saturated carbocycles. The van der Waals surface area contributed by atoms with E-state index in [-0.39, 0.29) is 23.6 Å². The number of rotatable bonds is 5. The molecule has 0 fully saturated rings. The Morgan fingerprint density at radius 1 is 1.46 bits per heavy atom. The number of nitrogens with two attached hydrogens (primary N) is 1. The van der Waals surface area contributed by atoms with Gasteiger partial charge in [0.2, 0.25) is 5.88 Å². The fraction of sp³-hybridized carbons (Fsp3) is 0.333. The summed E-state index contributed by atoms with van der Waals surface area (Å²) >= 11 is 0. The van der Waals surface area contributed by atoms with Crippen LogP contribution in [0.3, 0.4) is 0 Å². The molecule has 1 unspecified atom stereocenters. The molecule has 24 heavy (non-hydrogen) atoms. The van der Waals surface area contributed by atoms with Gasteiger partial charge in [0.25, 0.3) is 0 Å². The van der Waals surface area contributed by atoms with Gasteiger partial charge in [-0.1, -0.05) is 19.1 Å². The highest BCUT2D eigenvalue weighted by Gasteiger charge is 2.37. The van der Waals surface area contributed by atoms with Crippen molar-refractivity contribution in [3.63, 3.8) is 0 Å². The van der Waals surface area contributed by atoms with Gasteiger partial charge in [0.05, 0.1) is 18.1 Å². The summed E-state index contributed by atoms with van der Waals surface area (Å²) in [6, 6.07) is 7.72. The highest BCUT2D eigenvalue weighted by molar-refractivity contribution is 5.92. The van der Waals surface area contributed by atoms with Crippen LogP contribution >= 0.6 is 0 Å². The molecule has 0 aliphatic carbocycles. The normalized spacial score (nSPS) is 17.3. The minimum atomic E-state index is -0.806. The Bertz CT molecular complexity index is 747. The maximum Gasteiger partial charge on any atom is 0.338 e. The molecule has 1 aromatic rings. The molecule has 2 rings (SSSR count). The van der Waals surface area contributed by atoms with E-state index in [0.717, 1.165) is 0 Å². The van der Waals surface area contributed by atoms with Crippen molar-refractivity contribution in [2.45, 2.75) is 32.6 Å². The molecule has 0 aromatic heterocycles. The maximum atomic E-state index is 13.7. The van der Waals surface area contributed by atoms with Gasteiger partial charge in [0.1, 0.15) is 23.2 Å². The number of hydrogen-bond donors (Lipinski definition) is 1. The highest BCUT2D eigenvalue weighted by Crippen LogP contribution is 2.40. The highest BCUT2D eigenvalue weighted by atomic mass is 19.1. The first-order valence-corrected chi connectivity index (χ1v) is 7.76. The largest absolute Gasteiger partial charge is 0.463 e. The van der Waals surface area contributed by atoms with Gasteiger partial charge in [0, 0.05) is 6.42 Å². The van der Waals surface area contributed by atoms with Crippen LogP contribution in [0.15, 0.2) is 47.1 Å². The summed E-state index contributed by atoms with van der Waals surface area (Å²) in [6.07, 6.45) is 1.17. The van der Waals surface area contributed by atoms with Crippen LogP contribution in [0.25, 0.3) is 0 Å². The van der Waals surface area contributed by atoms with Crippen molar-refractivity contribution in [2.75, 3.05) is 6.61 Å². The first-order chi connectivity index (χ1) is 11.5. The minimum absolute atomic E-state index is 0.0664. The van der Waals surface area contributed by atoms with Crippen molar-refractivity contribution in [1.29, 1.82) is 5.26 Å². The summed E-state index contributed by atoms with van der Waals surface area (Å²) in [6.45, 7) is 3.79. The summed E-state index contributed by atoms with van der Waals surface area (Å²) in [7, 11) is 0. The second-order valence-corrected chi connectivity index (χ2v) is 5.29. The number of esters is 1. The Labute approximate surface area is 140 Å². The number of halogens is 1. The molecule has 0 spiro atoms.